The molecule has 0 aliphatic rings. The first-order valence-electron chi connectivity index (χ1n) is 7.02. The van der Waals surface area contributed by atoms with Gasteiger partial charge in [0.05, 0.1) is 5.39 Å². The van der Waals surface area contributed by atoms with E-state index in [0.717, 1.165) is 28.1 Å². The fourth-order valence-corrected chi connectivity index (χ4v) is 3.20. The van der Waals surface area contributed by atoms with Gasteiger partial charge >= 0.3 is 0 Å². The van der Waals surface area contributed by atoms with E-state index in [9.17, 15) is 0 Å². The number of fused-ring (bicyclic) bond motifs is 1. The number of nitrogens with one attached hydrogen (secondary N) is 1. The van der Waals surface area contributed by atoms with Crippen molar-refractivity contribution >= 4 is 33.1 Å². The summed E-state index contributed by atoms with van der Waals surface area (Å²) < 4.78 is 0. The van der Waals surface area contributed by atoms with Crippen molar-refractivity contribution in [1.29, 1.82) is 0 Å². The first-order chi connectivity index (χ1) is 10.2. The molecule has 0 saturated carbocycles. The molecule has 0 bridgehead atoms. The standard InChI is InChI=1S/C16H18N4S/c1-3-13-8-14-15(18-9-19-16(14)21-13)20-10(2)11-4-6-12(17)7-5-11/h4-10H,3,17H2,1-2H3,(H,18,19,20). The van der Waals surface area contributed by atoms with E-state index in [-0.39, 0.29) is 6.04 Å². The zero-order valence-corrected chi connectivity index (χ0v) is 12.9. The minimum atomic E-state index is 0.161. The highest BCUT2D eigenvalue weighted by Crippen LogP contribution is 2.30. The minimum Gasteiger partial charge on any atom is -0.399 e. The van der Waals surface area contributed by atoms with Gasteiger partial charge in [-0.15, -0.1) is 11.3 Å². The number of rotatable bonds is 4. The molecule has 0 fully saturated rings. The van der Waals surface area contributed by atoms with Crippen LogP contribution in [0.1, 0.15) is 30.3 Å². The maximum atomic E-state index is 5.73. The second-order valence-corrected chi connectivity index (χ2v) is 6.16. The smallest absolute Gasteiger partial charge is 0.138 e. The molecule has 0 saturated heterocycles. The van der Waals surface area contributed by atoms with Crippen LogP contribution in [0.4, 0.5) is 11.5 Å². The number of nitrogens with zero attached hydrogens (tertiary/aromatic N) is 2. The zero-order chi connectivity index (χ0) is 14.8. The third-order valence-corrected chi connectivity index (χ3v) is 4.71. The van der Waals surface area contributed by atoms with E-state index in [1.165, 1.54) is 10.4 Å². The summed E-state index contributed by atoms with van der Waals surface area (Å²) in [6, 6.07) is 10.3. The normalized spacial score (nSPS) is 12.5. The molecule has 108 valence electrons. The number of anilines is 2. The highest BCUT2D eigenvalue weighted by molar-refractivity contribution is 7.18. The summed E-state index contributed by atoms with van der Waals surface area (Å²) in [5.74, 6) is 0.889. The Balaban J connectivity index is 1.90. The average Bonchev–Trinajstić information content (AvgIpc) is 2.92. The summed E-state index contributed by atoms with van der Waals surface area (Å²) in [4.78, 5) is 11.1. The van der Waals surface area contributed by atoms with Gasteiger partial charge in [0.2, 0.25) is 0 Å². The third-order valence-electron chi connectivity index (χ3n) is 3.52. The second-order valence-electron chi connectivity index (χ2n) is 5.04. The van der Waals surface area contributed by atoms with Gasteiger partial charge in [0.1, 0.15) is 17.0 Å². The van der Waals surface area contributed by atoms with Gasteiger partial charge in [0.15, 0.2) is 0 Å². The molecule has 1 unspecified atom stereocenters. The third kappa shape index (κ3) is 2.83. The van der Waals surface area contributed by atoms with Crippen molar-refractivity contribution in [1.82, 2.24) is 9.97 Å². The molecular weight excluding hydrogens is 280 g/mol. The fourth-order valence-electron chi connectivity index (χ4n) is 2.27. The van der Waals surface area contributed by atoms with E-state index in [4.69, 9.17) is 5.73 Å². The lowest BCUT2D eigenvalue weighted by atomic mass is 10.1. The molecule has 0 aliphatic heterocycles. The van der Waals surface area contributed by atoms with E-state index in [1.807, 2.05) is 24.3 Å². The van der Waals surface area contributed by atoms with Crippen LogP contribution in [-0.4, -0.2) is 9.97 Å². The van der Waals surface area contributed by atoms with Crippen molar-refractivity contribution in [3.8, 4) is 0 Å². The van der Waals surface area contributed by atoms with E-state index >= 15 is 0 Å². The van der Waals surface area contributed by atoms with Crippen LogP contribution in [0.25, 0.3) is 10.2 Å². The topological polar surface area (TPSA) is 63.8 Å². The number of hydrogen-bond acceptors (Lipinski definition) is 5. The van der Waals surface area contributed by atoms with Crippen LogP contribution in [0.15, 0.2) is 36.7 Å². The highest BCUT2D eigenvalue weighted by atomic mass is 32.1. The molecule has 0 amide bonds. The predicted octanol–water partition coefficient (Wildman–Crippen LogP) is 4.01. The van der Waals surface area contributed by atoms with E-state index in [0.29, 0.717) is 0 Å². The first-order valence-corrected chi connectivity index (χ1v) is 7.84. The summed E-state index contributed by atoms with van der Waals surface area (Å²) in [6.45, 7) is 4.27. The van der Waals surface area contributed by atoms with Gasteiger partial charge in [-0.2, -0.15) is 0 Å². The lowest BCUT2D eigenvalue weighted by Crippen LogP contribution is -2.08. The summed E-state index contributed by atoms with van der Waals surface area (Å²) in [5, 5.41) is 4.57. The second kappa shape index (κ2) is 5.69. The van der Waals surface area contributed by atoms with Crippen molar-refractivity contribution in [2.45, 2.75) is 26.3 Å². The molecule has 4 nitrogen and oxygen atoms in total. The molecule has 5 heteroatoms. The molecular formula is C16H18N4S. The summed E-state index contributed by atoms with van der Waals surface area (Å²) in [7, 11) is 0. The lowest BCUT2D eigenvalue weighted by molar-refractivity contribution is 0.876. The van der Waals surface area contributed by atoms with Crippen molar-refractivity contribution in [3.05, 3.63) is 47.1 Å². The van der Waals surface area contributed by atoms with E-state index in [1.54, 1.807) is 17.7 Å². The summed E-state index contributed by atoms with van der Waals surface area (Å²) >= 11 is 1.73. The monoisotopic (exact) mass is 298 g/mol. The molecule has 3 N–H and O–H groups in total. The summed E-state index contributed by atoms with van der Waals surface area (Å²) in [5.41, 5.74) is 7.69. The van der Waals surface area contributed by atoms with Crippen LogP contribution in [0.5, 0.6) is 0 Å². The van der Waals surface area contributed by atoms with E-state index in [2.05, 4.69) is 35.2 Å². The Bertz CT molecular complexity index is 749. The molecule has 1 atom stereocenters. The summed E-state index contributed by atoms with van der Waals surface area (Å²) in [6.07, 6.45) is 2.64. The van der Waals surface area contributed by atoms with Gasteiger partial charge in [-0.25, -0.2) is 9.97 Å². The molecule has 2 aromatic heterocycles. The largest absolute Gasteiger partial charge is 0.399 e. The number of benzene rings is 1. The SMILES string of the molecule is CCc1cc2c(NC(C)c3ccc(N)cc3)ncnc2s1. The Morgan fingerprint density at radius 3 is 2.71 bits per heavy atom. The van der Waals surface area contributed by atoms with Crippen LogP contribution >= 0.6 is 11.3 Å². The molecule has 2 heterocycles. The molecule has 21 heavy (non-hydrogen) atoms. The van der Waals surface area contributed by atoms with Crippen LogP contribution in [0, 0.1) is 0 Å². The van der Waals surface area contributed by atoms with Gasteiger partial charge in [0, 0.05) is 16.6 Å². The Hall–Kier alpha value is -2.14. The van der Waals surface area contributed by atoms with Crippen molar-refractivity contribution in [2.24, 2.45) is 0 Å². The van der Waals surface area contributed by atoms with Crippen LogP contribution in [0.2, 0.25) is 0 Å². The van der Waals surface area contributed by atoms with Crippen LogP contribution < -0.4 is 11.1 Å². The number of thiophene rings is 1. The number of hydrogen-bond donors (Lipinski definition) is 2. The maximum Gasteiger partial charge on any atom is 0.138 e. The van der Waals surface area contributed by atoms with Crippen LogP contribution in [0.3, 0.4) is 0 Å². The van der Waals surface area contributed by atoms with E-state index < -0.39 is 0 Å². The molecule has 1 aromatic carbocycles. The Morgan fingerprint density at radius 1 is 1.24 bits per heavy atom. The Morgan fingerprint density at radius 2 is 2.00 bits per heavy atom. The minimum absolute atomic E-state index is 0.161. The van der Waals surface area contributed by atoms with Gasteiger partial charge in [0.25, 0.3) is 0 Å². The zero-order valence-electron chi connectivity index (χ0n) is 12.1. The number of aromatic nitrogens is 2. The van der Waals surface area contributed by atoms with Gasteiger partial charge in [-0.3, -0.25) is 0 Å². The predicted molar refractivity (Wildman–Crippen MR) is 89.7 cm³/mol. The number of nitrogens with two attached hydrogens (primary N) is 1. The van der Waals surface area contributed by atoms with Crippen molar-refractivity contribution < 1.29 is 0 Å². The van der Waals surface area contributed by atoms with Gasteiger partial charge in [-0.1, -0.05) is 19.1 Å². The number of aryl methyl sites for hydroxylation is 1. The van der Waals surface area contributed by atoms with Gasteiger partial charge < -0.3 is 11.1 Å². The van der Waals surface area contributed by atoms with Crippen LogP contribution in [-0.2, 0) is 6.42 Å². The molecule has 0 aliphatic carbocycles. The van der Waals surface area contributed by atoms with Crippen molar-refractivity contribution in [3.63, 3.8) is 0 Å². The maximum absolute atomic E-state index is 5.73. The quantitative estimate of drug-likeness (QED) is 0.714. The Kier molecular flexibility index (Phi) is 3.75. The average molecular weight is 298 g/mol. The van der Waals surface area contributed by atoms with Gasteiger partial charge in [-0.05, 0) is 37.1 Å². The molecule has 0 spiro atoms. The van der Waals surface area contributed by atoms with Crippen molar-refractivity contribution in [2.75, 3.05) is 11.1 Å². The molecule has 3 aromatic rings. The fraction of sp³-hybridized carbons (Fsp3) is 0.250. The lowest BCUT2D eigenvalue weighted by Gasteiger charge is -2.15. The molecule has 0 radical (unpaired) electrons. The number of nitrogen functional groups attached to an aromatic ring is 1. The first kappa shape index (κ1) is 13.8. The Labute approximate surface area is 128 Å². The highest BCUT2D eigenvalue weighted by Gasteiger charge is 2.11. The molecule has 3 rings (SSSR count).